The van der Waals surface area contributed by atoms with E-state index in [9.17, 15) is 8.78 Å². The van der Waals surface area contributed by atoms with Gasteiger partial charge in [0.2, 0.25) is 0 Å². The highest BCUT2D eigenvalue weighted by Crippen LogP contribution is 1.78. The van der Waals surface area contributed by atoms with Gasteiger partial charge in [-0.05, 0) is 0 Å². The molecule has 2 nitrogen and oxygen atoms in total. The van der Waals surface area contributed by atoms with E-state index in [0.717, 1.165) is 0 Å². The summed E-state index contributed by atoms with van der Waals surface area (Å²) in [6.45, 7) is -1.46. The first-order valence-electron chi connectivity index (χ1n) is 2.28. The van der Waals surface area contributed by atoms with Crippen LogP contribution in [0.5, 0.6) is 0 Å². The molecule has 0 bridgehead atoms. The van der Waals surface area contributed by atoms with E-state index in [4.69, 9.17) is 0 Å². The SMILES string of the molecule is FCCOOCCF. The van der Waals surface area contributed by atoms with Gasteiger partial charge in [0.25, 0.3) is 0 Å². The summed E-state index contributed by atoms with van der Waals surface area (Å²) in [5.74, 6) is 0. The maximum absolute atomic E-state index is 11.1. The normalized spacial score (nSPS) is 9.75. The van der Waals surface area contributed by atoms with Gasteiger partial charge in [0.05, 0.1) is 0 Å². The summed E-state index contributed by atoms with van der Waals surface area (Å²) in [4.78, 5) is 8.22. The van der Waals surface area contributed by atoms with E-state index in [2.05, 4.69) is 9.78 Å². The second kappa shape index (κ2) is 6.78. The van der Waals surface area contributed by atoms with Gasteiger partial charge < -0.3 is 0 Å². The van der Waals surface area contributed by atoms with Crippen molar-refractivity contribution < 1.29 is 18.6 Å². The molecule has 0 rings (SSSR count). The van der Waals surface area contributed by atoms with Crippen LogP contribution in [0.25, 0.3) is 0 Å². The minimum absolute atomic E-state index is 0.125. The molecule has 0 aliphatic carbocycles. The Bertz CT molecular complexity index is 37.0. The summed E-state index contributed by atoms with van der Waals surface area (Å²) < 4.78 is 22.2. The zero-order valence-electron chi connectivity index (χ0n) is 4.40. The molecule has 0 atom stereocenters. The van der Waals surface area contributed by atoms with Crippen LogP contribution in [-0.4, -0.2) is 26.6 Å². The highest BCUT2D eigenvalue weighted by molar-refractivity contribution is 4.16. The Hall–Kier alpha value is -0.220. The first-order valence-corrected chi connectivity index (χ1v) is 2.28. The maximum atomic E-state index is 11.1. The molecule has 0 saturated heterocycles. The molecule has 0 N–H and O–H groups in total. The number of hydrogen-bond donors (Lipinski definition) is 0. The van der Waals surface area contributed by atoms with Crippen molar-refractivity contribution in [2.24, 2.45) is 0 Å². The fourth-order valence-corrected chi connectivity index (χ4v) is 0.181. The van der Waals surface area contributed by atoms with Crippen molar-refractivity contribution in [3.05, 3.63) is 0 Å². The standard InChI is InChI=1S/C4H8F2O2/c5-1-3-7-8-4-2-6/h1-4H2. The highest BCUT2D eigenvalue weighted by atomic mass is 19.1. The molecular weight excluding hydrogens is 118 g/mol. The minimum Gasteiger partial charge on any atom is -0.248 e. The molecule has 0 saturated carbocycles. The molecular formula is C4H8F2O2. The van der Waals surface area contributed by atoms with Crippen LogP contribution in [0, 0.1) is 0 Å². The summed E-state index contributed by atoms with van der Waals surface area (Å²) in [6.07, 6.45) is 0. The van der Waals surface area contributed by atoms with E-state index in [0.29, 0.717) is 0 Å². The molecule has 50 valence electrons. The first kappa shape index (κ1) is 7.78. The molecule has 0 radical (unpaired) electrons. The van der Waals surface area contributed by atoms with Gasteiger partial charge in [-0.25, -0.2) is 18.6 Å². The molecule has 0 amide bonds. The molecule has 0 unspecified atom stereocenters. The van der Waals surface area contributed by atoms with E-state index >= 15 is 0 Å². The van der Waals surface area contributed by atoms with Crippen molar-refractivity contribution in [3.63, 3.8) is 0 Å². The Kier molecular flexibility index (Phi) is 6.59. The van der Waals surface area contributed by atoms with Crippen molar-refractivity contribution in [1.82, 2.24) is 0 Å². The number of hydrogen-bond acceptors (Lipinski definition) is 2. The van der Waals surface area contributed by atoms with Gasteiger partial charge in [-0.2, -0.15) is 0 Å². The molecule has 0 heterocycles. The fourth-order valence-electron chi connectivity index (χ4n) is 0.181. The van der Waals surface area contributed by atoms with Gasteiger partial charge in [0, 0.05) is 0 Å². The minimum atomic E-state index is -0.605. The van der Waals surface area contributed by atoms with Crippen molar-refractivity contribution in [3.8, 4) is 0 Å². The second-order valence-electron chi connectivity index (χ2n) is 1.02. The lowest BCUT2D eigenvalue weighted by atomic mass is 10.8. The van der Waals surface area contributed by atoms with Crippen molar-refractivity contribution in [2.75, 3.05) is 26.6 Å². The smallest absolute Gasteiger partial charge is 0.116 e. The summed E-state index contributed by atoms with van der Waals surface area (Å²) in [6, 6.07) is 0. The van der Waals surface area contributed by atoms with E-state index in [1.54, 1.807) is 0 Å². The molecule has 4 heteroatoms. The van der Waals surface area contributed by atoms with Crippen LogP contribution >= 0.6 is 0 Å². The van der Waals surface area contributed by atoms with Crippen LogP contribution in [0.15, 0.2) is 0 Å². The lowest BCUT2D eigenvalue weighted by Crippen LogP contribution is -2.00. The van der Waals surface area contributed by atoms with Gasteiger partial charge >= 0.3 is 0 Å². The Morgan fingerprint density at radius 1 is 0.875 bits per heavy atom. The third-order valence-electron chi connectivity index (χ3n) is 0.404. The lowest BCUT2D eigenvalue weighted by Gasteiger charge is -1.95. The van der Waals surface area contributed by atoms with E-state index < -0.39 is 13.3 Å². The molecule has 0 fully saturated rings. The first-order chi connectivity index (χ1) is 3.91. The Balaban J connectivity index is 2.53. The fraction of sp³-hybridized carbons (Fsp3) is 1.00. The molecule has 0 aromatic heterocycles. The third kappa shape index (κ3) is 5.78. The maximum Gasteiger partial charge on any atom is 0.116 e. The Morgan fingerprint density at radius 2 is 1.25 bits per heavy atom. The van der Waals surface area contributed by atoms with E-state index in [1.165, 1.54) is 0 Å². The number of halogens is 2. The topological polar surface area (TPSA) is 18.5 Å². The summed E-state index contributed by atoms with van der Waals surface area (Å²) in [5, 5.41) is 0. The molecule has 8 heavy (non-hydrogen) atoms. The van der Waals surface area contributed by atoms with Crippen molar-refractivity contribution in [1.29, 1.82) is 0 Å². The summed E-state index contributed by atoms with van der Waals surface area (Å²) in [7, 11) is 0. The van der Waals surface area contributed by atoms with Crippen LogP contribution in [0.3, 0.4) is 0 Å². The predicted molar refractivity (Wildman–Crippen MR) is 23.9 cm³/mol. The molecule has 0 aliphatic rings. The zero-order chi connectivity index (χ0) is 6.24. The van der Waals surface area contributed by atoms with Gasteiger partial charge in [-0.3, -0.25) is 0 Å². The molecule has 0 aliphatic heterocycles. The van der Waals surface area contributed by atoms with Crippen LogP contribution in [0.2, 0.25) is 0 Å². The lowest BCUT2D eigenvalue weighted by molar-refractivity contribution is -0.296. The van der Waals surface area contributed by atoms with Crippen molar-refractivity contribution in [2.45, 2.75) is 0 Å². The van der Waals surface area contributed by atoms with Gasteiger partial charge in [-0.15, -0.1) is 0 Å². The van der Waals surface area contributed by atoms with E-state index in [1.807, 2.05) is 0 Å². The third-order valence-corrected chi connectivity index (χ3v) is 0.404. The van der Waals surface area contributed by atoms with Crippen LogP contribution < -0.4 is 0 Å². The van der Waals surface area contributed by atoms with Gasteiger partial charge in [-0.1, -0.05) is 0 Å². The zero-order valence-corrected chi connectivity index (χ0v) is 4.40. The predicted octanol–water partition coefficient (Wildman–Crippen LogP) is 0.874. The Labute approximate surface area is 46.3 Å². The summed E-state index contributed by atoms with van der Waals surface area (Å²) >= 11 is 0. The number of rotatable bonds is 5. The van der Waals surface area contributed by atoms with Gasteiger partial charge in [0.15, 0.2) is 0 Å². The van der Waals surface area contributed by atoms with Crippen LogP contribution in [0.4, 0.5) is 8.78 Å². The number of alkyl halides is 2. The van der Waals surface area contributed by atoms with E-state index in [-0.39, 0.29) is 13.2 Å². The second-order valence-corrected chi connectivity index (χ2v) is 1.02. The monoisotopic (exact) mass is 126 g/mol. The summed E-state index contributed by atoms with van der Waals surface area (Å²) in [5.41, 5.74) is 0. The average molecular weight is 126 g/mol. The van der Waals surface area contributed by atoms with Gasteiger partial charge in [0.1, 0.15) is 26.6 Å². The molecule has 0 aromatic rings. The molecule has 0 aromatic carbocycles. The average Bonchev–Trinajstić information content (AvgIpc) is 1.81. The van der Waals surface area contributed by atoms with Crippen LogP contribution in [0.1, 0.15) is 0 Å². The largest absolute Gasteiger partial charge is 0.248 e. The quantitative estimate of drug-likeness (QED) is 0.309. The van der Waals surface area contributed by atoms with Crippen LogP contribution in [-0.2, 0) is 9.78 Å². The van der Waals surface area contributed by atoms with Crippen molar-refractivity contribution >= 4 is 0 Å². The Morgan fingerprint density at radius 3 is 1.50 bits per heavy atom. The highest BCUT2D eigenvalue weighted by Gasteiger charge is 1.85. The molecule has 0 spiro atoms.